The first-order valence-corrected chi connectivity index (χ1v) is 13.8. The molecule has 0 unspecified atom stereocenters. The molecule has 1 N–H and O–H groups in total. The molecule has 0 spiro atoms. The molecule has 1 amide bonds. The molecule has 1 aliphatic rings. The van der Waals surface area contributed by atoms with Crippen LogP contribution in [0.15, 0.2) is 51.9 Å². The highest BCUT2D eigenvalue weighted by atomic mass is 32.2. The van der Waals surface area contributed by atoms with Crippen molar-refractivity contribution in [2.45, 2.75) is 31.1 Å². The molecular formula is C24H25N5O5S2. The Morgan fingerprint density at radius 1 is 1.19 bits per heavy atom. The van der Waals surface area contributed by atoms with Crippen LogP contribution in [0.4, 0.5) is 5.13 Å². The summed E-state index contributed by atoms with van der Waals surface area (Å²) in [5.74, 6) is 1.13. The average Bonchev–Trinajstić information content (AvgIpc) is 3.55. The van der Waals surface area contributed by atoms with Crippen LogP contribution in [-0.4, -0.2) is 54.0 Å². The van der Waals surface area contributed by atoms with E-state index in [1.807, 2.05) is 25.1 Å². The zero-order valence-corrected chi connectivity index (χ0v) is 21.4. The minimum atomic E-state index is -3.73. The second-order valence-corrected chi connectivity index (χ2v) is 11.4. The van der Waals surface area contributed by atoms with Crippen molar-refractivity contribution in [1.29, 1.82) is 0 Å². The summed E-state index contributed by atoms with van der Waals surface area (Å²) in [4.78, 5) is 21.8. The average molecular weight is 528 g/mol. The van der Waals surface area contributed by atoms with Gasteiger partial charge in [0.05, 0.1) is 22.2 Å². The molecule has 0 bridgehead atoms. The Morgan fingerprint density at radius 2 is 2.00 bits per heavy atom. The lowest BCUT2D eigenvalue weighted by atomic mass is 9.97. The molecule has 36 heavy (non-hydrogen) atoms. The number of anilines is 1. The first-order chi connectivity index (χ1) is 17.4. The molecule has 0 saturated carbocycles. The molecule has 0 atom stereocenters. The maximum atomic E-state index is 13.3. The SMILES string of the molecule is CCc1nc(-c2cccc(S(=O)(=O)N3CCC(C(=O)Nc4nc5ccc(OC)cc5s4)CC3)c2)no1. The van der Waals surface area contributed by atoms with Crippen molar-refractivity contribution in [3.05, 3.63) is 48.4 Å². The van der Waals surface area contributed by atoms with Crippen LogP contribution in [0.2, 0.25) is 0 Å². The van der Waals surface area contributed by atoms with Gasteiger partial charge in [-0.15, -0.1) is 0 Å². The Morgan fingerprint density at radius 3 is 2.72 bits per heavy atom. The van der Waals surface area contributed by atoms with Gasteiger partial charge in [0.15, 0.2) is 5.13 Å². The van der Waals surface area contributed by atoms with Gasteiger partial charge in [-0.25, -0.2) is 13.4 Å². The Balaban J connectivity index is 1.23. The number of rotatable bonds is 7. The summed E-state index contributed by atoms with van der Waals surface area (Å²) in [5, 5.41) is 7.34. The Kier molecular flexibility index (Phi) is 6.73. The van der Waals surface area contributed by atoms with E-state index in [-0.39, 0.29) is 29.8 Å². The topological polar surface area (TPSA) is 128 Å². The van der Waals surface area contributed by atoms with Gasteiger partial charge in [0, 0.05) is 31.0 Å². The van der Waals surface area contributed by atoms with E-state index in [1.54, 1.807) is 31.4 Å². The number of aromatic nitrogens is 3. The van der Waals surface area contributed by atoms with Gasteiger partial charge < -0.3 is 14.6 Å². The standard InChI is InChI=1S/C24H25N5O5S2/c1-3-21-26-22(28-34-21)16-5-4-6-18(13-16)36(31,32)29-11-9-15(10-12-29)23(30)27-24-25-19-8-7-17(33-2)14-20(19)35-24/h4-8,13-15H,3,9-12H2,1-2H3,(H,25,27,30). The summed E-state index contributed by atoms with van der Waals surface area (Å²) in [7, 11) is -2.13. The minimum Gasteiger partial charge on any atom is -0.497 e. The number of nitrogens with zero attached hydrogens (tertiary/aromatic N) is 4. The van der Waals surface area contributed by atoms with Crippen molar-refractivity contribution >= 4 is 42.6 Å². The van der Waals surface area contributed by atoms with E-state index in [4.69, 9.17) is 9.26 Å². The fourth-order valence-electron chi connectivity index (χ4n) is 4.11. The molecule has 188 valence electrons. The van der Waals surface area contributed by atoms with Gasteiger partial charge in [-0.05, 0) is 43.2 Å². The molecule has 1 fully saturated rings. The second-order valence-electron chi connectivity index (χ2n) is 8.41. The van der Waals surface area contributed by atoms with Crippen molar-refractivity contribution in [1.82, 2.24) is 19.4 Å². The first-order valence-electron chi connectivity index (χ1n) is 11.6. The van der Waals surface area contributed by atoms with Gasteiger partial charge in [-0.2, -0.15) is 9.29 Å². The van der Waals surface area contributed by atoms with Crippen LogP contribution in [0.1, 0.15) is 25.7 Å². The molecule has 1 saturated heterocycles. The van der Waals surface area contributed by atoms with E-state index in [9.17, 15) is 13.2 Å². The van der Waals surface area contributed by atoms with Crippen molar-refractivity contribution in [2.24, 2.45) is 5.92 Å². The number of amides is 1. The lowest BCUT2D eigenvalue weighted by Gasteiger charge is -2.30. The normalized spacial score (nSPS) is 15.3. The van der Waals surface area contributed by atoms with E-state index < -0.39 is 10.0 Å². The maximum Gasteiger partial charge on any atom is 0.243 e. The third-order valence-electron chi connectivity index (χ3n) is 6.15. The van der Waals surface area contributed by atoms with Crippen LogP contribution >= 0.6 is 11.3 Å². The summed E-state index contributed by atoms with van der Waals surface area (Å²) in [6.07, 6.45) is 1.45. The monoisotopic (exact) mass is 527 g/mol. The van der Waals surface area contributed by atoms with Gasteiger partial charge in [0.2, 0.25) is 27.6 Å². The summed E-state index contributed by atoms with van der Waals surface area (Å²) in [5.41, 5.74) is 1.35. The fraction of sp³-hybridized carbons (Fsp3) is 0.333. The van der Waals surface area contributed by atoms with Crippen LogP contribution in [0.3, 0.4) is 0 Å². The quantitative estimate of drug-likeness (QED) is 0.383. The number of ether oxygens (including phenoxy) is 1. The van der Waals surface area contributed by atoms with Crippen LogP contribution in [-0.2, 0) is 21.2 Å². The molecule has 2 aromatic carbocycles. The number of hydrogen-bond donors (Lipinski definition) is 1. The van der Waals surface area contributed by atoms with Gasteiger partial charge in [-0.3, -0.25) is 4.79 Å². The largest absolute Gasteiger partial charge is 0.497 e. The van der Waals surface area contributed by atoms with Gasteiger partial charge in [0.25, 0.3) is 0 Å². The van der Waals surface area contributed by atoms with Gasteiger partial charge in [0.1, 0.15) is 5.75 Å². The highest BCUT2D eigenvalue weighted by Gasteiger charge is 2.32. The number of nitrogens with one attached hydrogen (secondary N) is 1. The van der Waals surface area contributed by atoms with Crippen LogP contribution < -0.4 is 10.1 Å². The number of aryl methyl sites for hydroxylation is 1. The molecule has 12 heteroatoms. The number of sulfonamides is 1. The van der Waals surface area contributed by atoms with Gasteiger partial charge in [-0.1, -0.05) is 35.5 Å². The fourth-order valence-corrected chi connectivity index (χ4v) is 6.52. The van der Waals surface area contributed by atoms with Crippen LogP contribution in [0.5, 0.6) is 5.75 Å². The molecule has 3 heterocycles. The predicted molar refractivity (Wildman–Crippen MR) is 135 cm³/mol. The number of benzene rings is 2. The summed E-state index contributed by atoms with van der Waals surface area (Å²) < 4.78 is 39.3. The third-order valence-corrected chi connectivity index (χ3v) is 8.98. The number of piperidine rings is 1. The maximum absolute atomic E-state index is 13.3. The lowest BCUT2D eigenvalue weighted by molar-refractivity contribution is -0.120. The number of carbonyl (C=O) groups excluding carboxylic acids is 1. The van der Waals surface area contributed by atoms with Crippen molar-refractivity contribution in [3.8, 4) is 17.1 Å². The smallest absolute Gasteiger partial charge is 0.243 e. The lowest BCUT2D eigenvalue weighted by Crippen LogP contribution is -2.41. The van der Waals surface area contributed by atoms with Gasteiger partial charge >= 0.3 is 0 Å². The number of fused-ring (bicyclic) bond motifs is 1. The zero-order chi connectivity index (χ0) is 25.3. The predicted octanol–water partition coefficient (Wildman–Crippen LogP) is 3.96. The second kappa shape index (κ2) is 9.96. The van der Waals surface area contributed by atoms with Crippen molar-refractivity contribution < 1.29 is 22.5 Å². The third kappa shape index (κ3) is 4.84. The minimum absolute atomic E-state index is 0.149. The summed E-state index contributed by atoms with van der Waals surface area (Å²) >= 11 is 1.38. The van der Waals surface area contributed by atoms with Crippen LogP contribution in [0.25, 0.3) is 21.6 Å². The molecule has 1 aliphatic heterocycles. The summed E-state index contributed by atoms with van der Waals surface area (Å²) in [6.45, 7) is 2.41. The Labute approximate surface area is 212 Å². The zero-order valence-electron chi connectivity index (χ0n) is 19.8. The van der Waals surface area contributed by atoms with E-state index in [2.05, 4.69) is 20.4 Å². The molecule has 4 aromatic rings. The summed E-state index contributed by atoms with van der Waals surface area (Å²) in [6, 6.07) is 12.1. The first kappa shape index (κ1) is 24.3. The van der Waals surface area contributed by atoms with Crippen LogP contribution in [0, 0.1) is 5.92 Å². The molecule has 2 aromatic heterocycles. The van der Waals surface area contributed by atoms with E-state index >= 15 is 0 Å². The molecular weight excluding hydrogens is 502 g/mol. The number of thiazole rings is 1. The number of carbonyl (C=O) groups is 1. The molecule has 5 rings (SSSR count). The van der Waals surface area contributed by atoms with E-state index in [0.29, 0.717) is 41.7 Å². The van der Waals surface area contributed by atoms with E-state index in [1.165, 1.54) is 15.6 Å². The highest BCUT2D eigenvalue weighted by Crippen LogP contribution is 2.31. The number of hydrogen-bond acceptors (Lipinski definition) is 9. The van der Waals surface area contributed by atoms with E-state index in [0.717, 1.165) is 16.0 Å². The molecule has 10 nitrogen and oxygen atoms in total. The van der Waals surface area contributed by atoms with Crippen molar-refractivity contribution in [2.75, 3.05) is 25.5 Å². The Hall–Kier alpha value is -3.35. The highest BCUT2D eigenvalue weighted by molar-refractivity contribution is 7.89. The molecule has 0 radical (unpaired) electrons. The Bertz CT molecular complexity index is 1510. The molecule has 0 aliphatic carbocycles. The number of methoxy groups -OCH3 is 1. The van der Waals surface area contributed by atoms with Crippen molar-refractivity contribution in [3.63, 3.8) is 0 Å².